The molecule has 1 aliphatic heterocycles. The van der Waals surface area contributed by atoms with Crippen LogP contribution in [-0.2, 0) is 15.9 Å². The maximum atomic E-state index is 6.04. The molecular formula is C13H18ClNO2. The van der Waals surface area contributed by atoms with Gasteiger partial charge in [0.05, 0.1) is 23.4 Å². The minimum atomic E-state index is -0.437. The molecule has 0 N–H and O–H groups in total. The summed E-state index contributed by atoms with van der Waals surface area (Å²) in [5.74, 6) is -0.437. The van der Waals surface area contributed by atoms with Gasteiger partial charge in [-0.2, -0.15) is 0 Å². The summed E-state index contributed by atoms with van der Waals surface area (Å²) in [5, 5.41) is 0.728. The quantitative estimate of drug-likeness (QED) is 0.832. The van der Waals surface area contributed by atoms with Crippen molar-refractivity contribution in [1.82, 2.24) is 4.98 Å². The monoisotopic (exact) mass is 255 g/mol. The number of pyridine rings is 1. The highest BCUT2D eigenvalue weighted by Gasteiger charge is 2.32. The summed E-state index contributed by atoms with van der Waals surface area (Å²) in [5.41, 5.74) is 2.02. The van der Waals surface area contributed by atoms with Crippen LogP contribution in [0.4, 0.5) is 0 Å². The van der Waals surface area contributed by atoms with Gasteiger partial charge in [-0.3, -0.25) is 4.98 Å². The first kappa shape index (κ1) is 12.8. The summed E-state index contributed by atoms with van der Waals surface area (Å²) in [6, 6.07) is 1.98. The highest BCUT2D eigenvalue weighted by atomic mass is 35.5. The zero-order valence-corrected chi connectivity index (χ0v) is 11.3. The van der Waals surface area contributed by atoms with E-state index >= 15 is 0 Å². The van der Waals surface area contributed by atoms with Crippen molar-refractivity contribution >= 4 is 11.6 Å². The minimum Gasteiger partial charge on any atom is -0.348 e. The second kappa shape index (κ2) is 4.92. The molecule has 1 atom stereocenters. The fourth-order valence-corrected chi connectivity index (χ4v) is 2.10. The Bertz CT molecular complexity index is 406. The Labute approximate surface area is 107 Å². The molecule has 0 aromatic carbocycles. The van der Waals surface area contributed by atoms with Crippen LogP contribution in [0.25, 0.3) is 0 Å². The second-order valence-corrected chi connectivity index (χ2v) is 5.31. The summed E-state index contributed by atoms with van der Waals surface area (Å²) in [6.45, 7) is 6.46. The van der Waals surface area contributed by atoms with Crippen molar-refractivity contribution in [3.05, 3.63) is 28.5 Å². The Balaban J connectivity index is 1.88. The molecule has 94 valence electrons. The normalized spacial score (nSPS) is 22.9. The number of hydrogen-bond acceptors (Lipinski definition) is 3. The Hall–Kier alpha value is -0.640. The van der Waals surface area contributed by atoms with E-state index in [1.165, 1.54) is 0 Å². The summed E-state index contributed by atoms with van der Waals surface area (Å²) in [7, 11) is 0. The molecule has 4 heteroatoms. The molecule has 1 aromatic heterocycles. The predicted molar refractivity (Wildman–Crippen MR) is 67.2 cm³/mol. The van der Waals surface area contributed by atoms with Gasteiger partial charge in [-0.05, 0) is 45.2 Å². The van der Waals surface area contributed by atoms with Crippen molar-refractivity contribution < 1.29 is 9.47 Å². The Morgan fingerprint density at radius 3 is 2.88 bits per heavy atom. The molecule has 1 aromatic rings. The lowest BCUT2D eigenvalue weighted by Crippen LogP contribution is -2.21. The van der Waals surface area contributed by atoms with Crippen molar-refractivity contribution in [2.24, 2.45) is 0 Å². The van der Waals surface area contributed by atoms with Gasteiger partial charge >= 0.3 is 0 Å². The van der Waals surface area contributed by atoms with Crippen LogP contribution in [-0.4, -0.2) is 23.5 Å². The summed E-state index contributed by atoms with van der Waals surface area (Å²) >= 11 is 6.04. The molecule has 0 radical (unpaired) electrons. The van der Waals surface area contributed by atoms with Gasteiger partial charge in [0, 0.05) is 6.20 Å². The Kier molecular flexibility index (Phi) is 3.71. The molecule has 0 amide bonds. The fourth-order valence-electron chi connectivity index (χ4n) is 1.92. The highest BCUT2D eigenvalue weighted by Crippen LogP contribution is 2.25. The highest BCUT2D eigenvalue weighted by molar-refractivity contribution is 6.31. The van der Waals surface area contributed by atoms with Crippen molar-refractivity contribution in [1.29, 1.82) is 0 Å². The minimum absolute atomic E-state index is 0.171. The molecular weight excluding hydrogens is 238 g/mol. The van der Waals surface area contributed by atoms with Crippen LogP contribution in [0.2, 0.25) is 5.02 Å². The Morgan fingerprint density at radius 2 is 2.29 bits per heavy atom. The first-order valence-electron chi connectivity index (χ1n) is 5.89. The van der Waals surface area contributed by atoms with Gasteiger partial charge in [-0.1, -0.05) is 11.6 Å². The number of hydrogen-bond donors (Lipinski definition) is 0. The number of halogens is 1. The van der Waals surface area contributed by atoms with Crippen LogP contribution in [0.1, 0.15) is 31.5 Å². The van der Waals surface area contributed by atoms with Crippen LogP contribution >= 0.6 is 11.6 Å². The third-order valence-electron chi connectivity index (χ3n) is 2.90. The molecule has 0 aliphatic carbocycles. The van der Waals surface area contributed by atoms with E-state index in [9.17, 15) is 0 Å². The van der Waals surface area contributed by atoms with Crippen LogP contribution < -0.4 is 0 Å². The van der Waals surface area contributed by atoms with Crippen LogP contribution in [0.5, 0.6) is 0 Å². The van der Waals surface area contributed by atoms with Crippen LogP contribution in [0.3, 0.4) is 0 Å². The maximum absolute atomic E-state index is 6.04. The number of aromatic nitrogens is 1. The van der Waals surface area contributed by atoms with Crippen molar-refractivity contribution in [2.75, 3.05) is 6.61 Å². The largest absolute Gasteiger partial charge is 0.348 e. The van der Waals surface area contributed by atoms with Gasteiger partial charge < -0.3 is 9.47 Å². The molecule has 0 unspecified atom stereocenters. The van der Waals surface area contributed by atoms with E-state index in [0.717, 1.165) is 29.1 Å². The van der Waals surface area contributed by atoms with E-state index in [0.29, 0.717) is 6.61 Å². The van der Waals surface area contributed by atoms with Crippen molar-refractivity contribution in [3.63, 3.8) is 0 Å². The van der Waals surface area contributed by atoms with E-state index in [1.54, 1.807) is 0 Å². The molecule has 1 aliphatic rings. The summed E-state index contributed by atoms with van der Waals surface area (Å²) < 4.78 is 11.3. The molecule has 2 rings (SSSR count). The molecule has 3 nitrogen and oxygen atoms in total. The number of rotatable bonds is 3. The standard InChI is InChI=1S/C13H18ClNO2/c1-9-12(14)6-10(7-15-9)4-5-11-8-16-13(2,3)17-11/h6-7,11H,4-5,8H2,1-3H3/t11-/m0/s1. The lowest BCUT2D eigenvalue weighted by molar-refractivity contribution is -0.138. The van der Waals surface area contributed by atoms with E-state index in [1.807, 2.05) is 33.0 Å². The zero-order valence-electron chi connectivity index (χ0n) is 10.5. The molecule has 2 heterocycles. The molecule has 1 fully saturated rings. The smallest absolute Gasteiger partial charge is 0.163 e. The average molecular weight is 256 g/mol. The van der Waals surface area contributed by atoms with Crippen molar-refractivity contribution in [3.8, 4) is 0 Å². The van der Waals surface area contributed by atoms with Gasteiger partial charge in [0.15, 0.2) is 5.79 Å². The lowest BCUT2D eigenvalue weighted by Gasteiger charge is -2.17. The first-order valence-corrected chi connectivity index (χ1v) is 6.27. The molecule has 1 saturated heterocycles. The molecule has 0 bridgehead atoms. The van der Waals surface area contributed by atoms with Gasteiger partial charge in [0.1, 0.15) is 0 Å². The second-order valence-electron chi connectivity index (χ2n) is 4.90. The van der Waals surface area contributed by atoms with Crippen molar-refractivity contribution in [2.45, 2.75) is 45.5 Å². The van der Waals surface area contributed by atoms with Gasteiger partial charge in [0.25, 0.3) is 0 Å². The van der Waals surface area contributed by atoms with Crippen LogP contribution in [0.15, 0.2) is 12.3 Å². The van der Waals surface area contributed by atoms with E-state index in [2.05, 4.69) is 4.98 Å². The van der Waals surface area contributed by atoms with Crippen LogP contribution in [0, 0.1) is 6.92 Å². The first-order chi connectivity index (χ1) is 7.96. The van der Waals surface area contributed by atoms with Gasteiger partial charge in [0.2, 0.25) is 0 Å². The average Bonchev–Trinajstić information content (AvgIpc) is 2.60. The van der Waals surface area contributed by atoms with E-state index < -0.39 is 5.79 Å². The lowest BCUT2D eigenvalue weighted by atomic mass is 10.1. The van der Waals surface area contributed by atoms with Gasteiger partial charge in [-0.15, -0.1) is 0 Å². The van der Waals surface area contributed by atoms with E-state index in [4.69, 9.17) is 21.1 Å². The zero-order chi connectivity index (χ0) is 12.5. The number of nitrogens with zero attached hydrogens (tertiary/aromatic N) is 1. The molecule has 0 saturated carbocycles. The van der Waals surface area contributed by atoms with E-state index in [-0.39, 0.29) is 6.10 Å². The fraction of sp³-hybridized carbons (Fsp3) is 0.615. The third-order valence-corrected chi connectivity index (χ3v) is 3.29. The number of ether oxygens (including phenoxy) is 2. The predicted octanol–water partition coefficient (Wildman–Crippen LogP) is 3.13. The summed E-state index contributed by atoms with van der Waals surface area (Å²) in [4.78, 5) is 4.25. The maximum Gasteiger partial charge on any atom is 0.163 e. The Morgan fingerprint density at radius 1 is 1.53 bits per heavy atom. The van der Waals surface area contributed by atoms with Gasteiger partial charge in [-0.25, -0.2) is 0 Å². The summed E-state index contributed by atoms with van der Waals surface area (Å²) in [6.07, 6.45) is 3.90. The SMILES string of the molecule is Cc1ncc(CC[C@H]2COC(C)(C)O2)cc1Cl. The number of aryl methyl sites for hydroxylation is 2. The molecule has 0 spiro atoms. The third kappa shape index (κ3) is 3.41. The topological polar surface area (TPSA) is 31.4 Å². The molecule has 17 heavy (non-hydrogen) atoms.